The number of sulfonamides is 1. The molecule has 0 saturated heterocycles. The van der Waals surface area contributed by atoms with Crippen molar-refractivity contribution >= 4 is 21.6 Å². The Labute approximate surface area is 138 Å². The van der Waals surface area contributed by atoms with Gasteiger partial charge in [0.1, 0.15) is 0 Å². The molecule has 1 aliphatic carbocycles. The zero-order valence-corrected chi connectivity index (χ0v) is 14.9. The minimum Gasteiger partial charge on any atom is -0.309 e. The van der Waals surface area contributed by atoms with Gasteiger partial charge in [-0.3, -0.25) is 4.79 Å². The number of anilines is 1. The highest BCUT2D eigenvalue weighted by Crippen LogP contribution is 2.34. The summed E-state index contributed by atoms with van der Waals surface area (Å²) in [6.45, 7) is 5.89. The monoisotopic (exact) mass is 338 g/mol. The summed E-state index contributed by atoms with van der Waals surface area (Å²) in [4.78, 5) is 14.5. The van der Waals surface area contributed by atoms with Gasteiger partial charge >= 0.3 is 0 Å². The molecule has 2 rings (SSSR count). The lowest BCUT2D eigenvalue weighted by Crippen LogP contribution is -2.45. The van der Waals surface area contributed by atoms with Gasteiger partial charge in [0.15, 0.2) is 0 Å². The summed E-state index contributed by atoms with van der Waals surface area (Å²) in [6, 6.07) is 4.87. The summed E-state index contributed by atoms with van der Waals surface area (Å²) in [5.74, 6) is 0.426. The molecule has 2 N–H and O–H groups in total. The highest BCUT2D eigenvalue weighted by atomic mass is 32.2. The van der Waals surface area contributed by atoms with Crippen LogP contribution in [-0.4, -0.2) is 20.4 Å². The Bertz CT molecular complexity index is 685. The van der Waals surface area contributed by atoms with Gasteiger partial charge in [0.2, 0.25) is 15.9 Å². The van der Waals surface area contributed by atoms with Gasteiger partial charge < -0.3 is 4.90 Å². The maximum Gasteiger partial charge on any atom is 0.238 e. The van der Waals surface area contributed by atoms with Crippen LogP contribution in [0.3, 0.4) is 0 Å². The highest BCUT2D eigenvalue weighted by molar-refractivity contribution is 7.89. The third-order valence-electron chi connectivity index (χ3n) is 4.74. The third kappa shape index (κ3) is 3.93. The number of rotatable bonds is 4. The van der Waals surface area contributed by atoms with E-state index in [2.05, 4.69) is 6.92 Å². The van der Waals surface area contributed by atoms with Crippen molar-refractivity contribution in [1.29, 1.82) is 0 Å². The second-order valence-corrected chi connectivity index (χ2v) is 8.00. The van der Waals surface area contributed by atoms with E-state index in [1.54, 1.807) is 12.1 Å². The maximum absolute atomic E-state index is 12.6. The van der Waals surface area contributed by atoms with E-state index >= 15 is 0 Å². The van der Waals surface area contributed by atoms with E-state index in [1.165, 1.54) is 12.5 Å². The van der Waals surface area contributed by atoms with Crippen LogP contribution in [0.5, 0.6) is 0 Å². The fourth-order valence-electron chi connectivity index (χ4n) is 3.37. The van der Waals surface area contributed by atoms with Gasteiger partial charge in [0, 0.05) is 18.2 Å². The molecule has 1 amide bonds. The standard InChI is InChI=1S/C17H26N2O3S/c1-4-17(20)19(15-8-6-5-7-12(15)2)16-11-14(23(18,21)22)10-9-13(16)3/h9-12,15H,4-8H2,1-3H3,(H2,18,21,22). The van der Waals surface area contributed by atoms with Crippen LogP contribution in [0, 0.1) is 12.8 Å². The van der Waals surface area contributed by atoms with Crippen molar-refractivity contribution in [3.8, 4) is 0 Å². The smallest absolute Gasteiger partial charge is 0.238 e. The van der Waals surface area contributed by atoms with E-state index in [9.17, 15) is 13.2 Å². The lowest BCUT2D eigenvalue weighted by atomic mass is 9.84. The summed E-state index contributed by atoms with van der Waals surface area (Å²) in [6.07, 6.45) is 4.71. The average molecular weight is 338 g/mol. The number of nitrogens with zero attached hydrogens (tertiary/aromatic N) is 1. The first-order valence-electron chi connectivity index (χ1n) is 8.21. The number of hydrogen-bond acceptors (Lipinski definition) is 3. The van der Waals surface area contributed by atoms with Crippen LogP contribution in [0.4, 0.5) is 5.69 Å². The van der Waals surface area contributed by atoms with Crippen molar-refractivity contribution in [3.63, 3.8) is 0 Å². The summed E-state index contributed by atoms with van der Waals surface area (Å²) < 4.78 is 23.3. The Morgan fingerprint density at radius 2 is 1.96 bits per heavy atom. The fraction of sp³-hybridized carbons (Fsp3) is 0.588. The highest BCUT2D eigenvalue weighted by Gasteiger charge is 2.32. The topological polar surface area (TPSA) is 80.5 Å². The lowest BCUT2D eigenvalue weighted by Gasteiger charge is -2.39. The number of carbonyl (C=O) groups is 1. The summed E-state index contributed by atoms with van der Waals surface area (Å²) in [5, 5.41) is 5.26. The molecule has 1 fully saturated rings. The van der Waals surface area contributed by atoms with Crippen molar-refractivity contribution in [3.05, 3.63) is 23.8 Å². The summed E-state index contributed by atoms with van der Waals surface area (Å²) in [7, 11) is -3.79. The van der Waals surface area contributed by atoms with Gasteiger partial charge in [0.05, 0.1) is 4.90 Å². The molecule has 23 heavy (non-hydrogen) atoms. The summed E-state index contributed by atoms with van der Waals surface area (Å²) in [5.41, 5.74) is 1.55. The minimum absolute atomic E-state index is 0.0263. The molecular formula is C17H26N2O3S. The molecule has 0 aromatic heterocycles. The number of hydrogen-bond donors (Lipinski definition) is 1. The van der Waals surface area contributed by atoms with Gasteiger partial charge in [0.25, 0.3) is 0 Å². The quantitative estimate of drug-likeness (QED) is 0.916. The van der Waals surface area contributed by atoms with Gasteiger partial charge in [-0.2, -0.15) is 0 Å². The molecule has 0 spiro atoms. The molecule has 0 radical (unpaired) electrons. The number of aryl methyl sites for hydroxylation is 1. The Kier molecular flexibility index (Phi) is 5.47. The zero-order valence-electron chi connectivity index (χ0n) is 14.1. The molecule has 1 aliphatic rings. The zero-order chi connectivity index (χ0) is 17.2. The summed E-state index contributed by atoms with van der Waals surface area (Å²) >= 11 is 0. The van der Waals surface area contributed by atoms with Crippen LogP contribution >= 0.6 is 0 Å². The number of carbonyl (C=O) groups excluding carboxylic acids is 1. The first kappa shape index (κ1) is 17.9. The van der Waals surface area contributed by atoms with E-state index in [4.69, 9.17) is 5.14 Å². The van der Waals surface area contributed by atoms with Gasteiger partial charge in [-0.15, -0.1) is 0 Å². The fourth-order valence-corrected chi connectivity index (χ4v) is 3.91. The first-order chi connectivity index (χ1) is 10.8. The Balaban J connectivity index is 2.53. The molecule has 6 heteroatoms. The third-order valence-corrected chi connectivity index (χ3v) is 5.65. The van der Waals surface area contributed by atoms with Crippen molar-refractivity contribution in [2.45, 2.75) is 63.8 Å². The molecule has 0 aliphatic heterocycles. The van der Waals surface area contributed by atoms with E-state index in [-0.39, 0.29) is 16.8 Å². The van der Waals surface area contributed by atoms with Gasteiger partial charge in [-0.05, 0) is 43.4 Å². The number of nitrogens with two attached hydrogens (primary N) is 1. The molecule has 5 nitrogen and oxygen atoms in total. The van der Waals surface area contributed by atoms with E-state index in [0.717, 1.165) is 24.8 Å². The van der Waals surface area contributed by atoms with Gasteiger partial charge in [-0.1, -0.05) is 32.8 Å². The molecule has 2 unspecified atom stereocenters. The molecule has 128 valence electrons. The van der Waals surface area contributed by atoms with Crippen LogP contribution in [0.2, 0.25) is 0 Å². The van der Waals surface area contributed by atoms with Crippen LogP contribution in [0.1, 0.15) is 51.5 Å². The maximum atomic E-state index is 12.6. The first-order valence-corrected chi connectivity index (χ1v) is 9.75. The average Bonchev–Trinajstić information content (AvgIpc) is 2.49. The van der Waals surface area contributed by atoms with E-state index < -0.39 is 10.0 Å². The van der Waals surface area contributed by atoms with Crippen molar-refractivity contribution in [2.24, 2.45) is 11.1 Å². The van der Waals surface area contributed by atoms with Crippen LogP contribution in [0.25, 0.3) is 0 Å². The Morgan fingerprint density at radius 1 is 1.30 bits per heavy atom. The van der Waals surface area contributed by atoms with Crippen LogP contribution in [-0.2, 0) is 14.8 Å². The predicted molar refractivity (Wildman–Crippen MR) is 91.7 cm³/mol. The lowest BCUT2D eigenvalue weighted by molar-refractivity contribution is -0.119. The molecule has 1 aromatic carbocycles. The van der Waals surface area contributed by atoms with E-state index in [1.807, 2.05) is 18.7 Å². The second-order valence-electron chi connectivity index (χ2n) is 6.44. The normalized spacial score (nSPS) is 21.9. The Morgan fingerprint density at radius 3 is 2.52 bits per heavy atom. The van der Waals surface area contributed by atoms with Gasteiger partial charge in [-0.25, -0.2) is 13.6 Å². The molecule has 1 saturated carbocycles. The van der Waals surface area contributed by atoms with Crippen LogP contribution < -0.4 is 10.0 Å². The van der Waals surface area contributed by atoms with E-state index in [0.29, 0.717) is 18.0 Å². The number of primary sulfonamides is 1. The van der Waals surface area contributed by atoms with Crippen LogP contribution in [0.15, 0.2) is 23.1 Å². The molecular weight excluding hydrogens is 312 g/mol. The van der Waals surface area contributed by atoms with Crippen molar-refractivity contribution in [1.82, 2.24) is 0 Å². The minimum atomic E-state index is -3.79. The van der Waals surface area contributed by atoms with Crippen molar-refractivity contribution in [2.75, 3.05) is 4.90 Å². The second kappa shape index (κ2) is 7.01. The number of amides is 1. The molecule has 1 aromatic rings. The molecule has 0 bridgehead atoms. The predicted octanol–water partition coefficient (Wildman–Crippen LogP) is 2.96. The number of benzene rings is 1. The molecule has 0 heterocycles. The van der Waals surface area contributed by atoms with Crippen molar-refractivity contribution < 1.29 is 13.2 Å². The SMILES string of the molecule is CCC(=O)N(c1cc(S(N)(=O)=O)ccc1C)C1CCCCC1C. The Hall–Kier alpha value is -1.40. The largest absolute Gasteiger partial charge is 0.309 e. The molecule has 2 atom stereocenters.